The van der Waals surface area contributed by atoms with Crippen molar-refractivity contribution in [3.8, 4) is 0 Å². The van der Waals surface area contributed by atoms with Gasteiger partial charge in [-0.3, -0.25) is 9.69 Å². The summed E-state index contributed by atoms with van der Waals surface area (Å²) in [4.78, 5) is 19.9. The molecular formula is C12H19ClN4O2. The fourth-order valence-corrected chi connectivity index (χ4v) is 2.60. The molecule has 19 heavy (non-hydrogen) atoms. The summed E-state index contributed by atoms with van der Waals surface area (Å²) < 4.78 is 1.63. The zero-order valence-corrected chi connectivity index (χ0v) is 12.0. The first-order valence-corrected chi connectivity index (χ1v) is 6.78. The van der Waals surface area contributed by atoms with E-state index in [4.69, 9.17) is 11.6 Å². The SMILES string of the molecule is CCN1CCN(C(C(=O)O)c2ncn(C)c2Cl)CC1. The third-order valence-electron chi connectivity index (χ3n) is 3.60. The van der Waals surface area contributed by atoms with Crippen molar-refractivity contribution in [2.75, 3.05) is 32.7 Å². The highest BCUT2D eigenvalue weighted by molar-refractivity contribution is 6.30. The molecular weight excluding hydrogens is 268 g/mol. The summed E-state index contributed by atoms with van der Waals surface area (Å²) in [7, 11) is 1.76. The number of nitrogens with zero attached hydrogens (tertiary/aromatic N) is 4. The van der Waals surface area contributed by atoms with Gasteiger partial charge in [0, 0.05) is 33.2 Å². The van der Waals surface area contributed by atoms with Crippen LogP contribution in [0.2, 0.25) is 5.15 Å². The number of likely N-dealkylation sites (N-methyl/N-ethyl adjacent to an activating group) is 1. The highest BCUT2D eigenvalue weighted by atomic mass is 35.5. The van der Waals surface area contributed by atoms with Crippen LogP contribution >= 0.6 is 11.6 Å². The molecule has 0 bridgehead atoms. The second-order valence-electron chi connectivity index (χ2n) is 4.74. The van der Waals surface area contributed by atoms with E-state index in [1.807, 2.05) is 4.90 Å². The van der Waals surface area contributed by atoms with Crippen molar-refractivity contribution in [2.24, 2.45) is 7.05 Å². The van der Waals surface area contributed by atoms with Gasteiger partial charge in [-0.05, 0) is 6.54 Å². The van der Waals surface area contributed by atoms with Crippen molar-refractivity contribution in [3.63, 3.8) is 0 Å². The summed E-state index contributed by atoms with van der Waals surface area (Å²) in [6, 6.07) is -0.757. The van der Waals surface area contributed by atoms with Crippen LogP contribution < -0.4 is 0 Å². The lowest BCUT2D eigenvalue weighted by molar-refractivity contribution is -0.144. The molecule has 7 heteroatoms. The molecule has 1 unspecified atom stereocenters. The zero-order valence-electron chi connectivity index (χ0n) is 11.2. The van der Waals surface area contributed by atoms with E-state index in [2.05, 4.69) is 16.8 Å². The van der Waals surface area contributed by atoms with E-state index in [-0.39, 0.29) is 0 Å². The Bertz CT molecular complexity index is 455. The normalized spacial score (nSPS) is 19.5. The van der Waals surface area contributed by atoms with Gasteiger partial charge in [0.15, 0.2) is 6.04 Å². The monoisotopic (exact) mass is 286 g/mol. The first kappa shape index (κ1) is 14.3. The minimum absolute atomic E-state index is 0.394. The summed E-state index contributed by atoms with van der Waals surface area (Å²) in [6.07, 6.45) is 1.55. The lowest BCUT2D eigenvalue weighted by atomic mass is 10.1. The van der Waals surface area contributed by atoms with Crippen LogP contribution in [0.5, 0.6) is 0 Å². The fraction of sp³-hybridized carbons (Fsp3) is 0.667. The van der Waals surface area contributed by atoms with Crippen LogP contribution in [-0.2, 0) is 11.8 Å². The van der Waals surface area contributed by atoms with Gasteiger partial charge in [0.1, 0.15) is 10.8 Å². The number of carboxylic acids is 1. The van der Waals surface area contributed by atoms with Gasteiger partial charge in [-0.1, -0.05) is 18.5 Å². The number of aryl methyl sites for hydroxylation is 1. The number of halogens is 1. The summed E-state index contributed by atoms with van der Waals surface area (Å²) in [6.45, 7) is 6.31. The number of hydrogen-bond donors (Lipinski definition) is 1. The second kappa shape index (κ2) is 5.90. The van der Waals surface area contributed by atoms with E-state index in [0.717, 1.165) is 32.7 Å². The van der Waals surface area contributed by atoms with Crippen molar-refractivity contribution in [1.29, 1.82) is 0 Å². The minimum atomic E-state index is -0.898. The molecule has 1 N–H and O–H groups in total. The van der Waals surface area contributed by atoms with Crippen LogP contribution in [0, 0.1) is 0 Å². The Hall–Kier alpha value is -1.11. The third-order valence-corrected chi connectivity index (χ3v) is 4.06. The maximum atomic E-state index is 11.5. The number of aromatic nitrogens is 2. The second-order valence-corrected chi connectivity index (χ2v) is 5.10. The summed E-state index contributed by atoms with van der Waals surface area (Å²) in [5.41, 5.74) is 0.432. The van der Waals surface area contributed by atoms with E-state index < -0.39 is 12.0 Å². The fourth-order valence-electron chi connectivity index (χ4n) is 2.40. The summed E-state index contributed by atoms with van der Waals surface area (Å²) >= 11 is 6.12. The first-order valence-electron chi connectivity index (χ1n) is 6.40. The van der Waals surface area contributed by atoms with Crippen molar-refractivity contribution in [1.82, 2.24) is 19.4 Å². The van der Waals surface area contributed by atoms with E-state index in [1.165, 1.54) is 0 Å². The van der Waals surface area contributed by atoms with Gasteiger partial charge in [0.25, 0.3) is 0 Å². The van der Waals surface area contributed by atoms with Gasteiger partial charge in [-0.25, -0.2) is 4.98 Å². The Morgan fingerprint density at radius 1 is 1.47 bits per heavy atom. The standard InChI is InChI=1S/C12H19ClN4O2/c1-3-16-4-6-17(7-5-16)10(12(18)19)9-11(13)15(2)8-14-9/h8,10H,3-7H2,1-2H3,(H,18,19). The summed E-state index contributed by atoms with van der Waals surface area (Å²) in [5, 5.41) is 9.87. The molecule has 2 rings (SSSR count). The third kappa shape index (κ3) is 2.91. The number of hydrogen-bond acceptors (Lipinski definition) is 4. The number of rotatable bonds is 4. The van der Waals surface area contributed by atoms with E-state index in [9.17, 15) is 9.90 Å². The first-order chi connectivity index (χ1) is 9.04. The Morgan fingerprint density at radius 2 is 2.11 bits per heavy atom. The van der Waals surface area contributed by atoms with Crippen LogP contribution in [0.4, 0.5) is 0 Å². The van der Waals surface area contributed by atoms with Gasteiger partial charge < -0.3 is 14.6 Å². The predicted octanol–water partition coefficient (Wildman–Crippen LogP) is 0.837. The Balaban J connectivity index is 2.18. The number of imidazole rings is 1. The molecule has 0 amide bonds. The van der Waals surface area contributed by atoms with Gasteiger partial charge in [0.2, 0.25) is 0 Å². The van der Waals surface area contributed by atoms with Gasteiger partial charge in [0.05, 0.1) is 6.33 Å². The molecule has 0 aliphatic carbocycles. The van der Waals surface area contributed by atoms with Crippen LogP contribution in [-0.4, -0.2) is 63.2 Å². The Morgan fingerprint density at radius 3 is 2.53 bits per heavy atom. The molecule has 6 nitrogen and oxygen atoms in total. The van der Waals surface area contributed by atoms with E-state index in [0.29, 0.717) is 10.8 Å². The minimum Gasteiger partial charge on any atom is -0.480 e. The number of piperazine rings is 1. The smallest absolute Gasteiger partial charge is 0.327 e. The Kier molecular flexibility index (Phi) is 4.44. The van der Waals surface area contributed by atoms with Gasteiger partial charge in [-0.15, -0.1) is 0 Å². The van der Waals surface area contributed by atoms with Crippen molar-refractivity contribution >= 4 is 17.6 Å². The molecule has 0 radical (unpaired) electrons. The van der Waals surface area contributed by atoms with E-state index in [1.54, 1.807) is 17.9 Å². The van der Waals surface area contributed by atoms with Crippen molar-refractivity contribution in [2.45, 2.75) is 13.0 Å². The average Bonchev–Trinajstić information content (AvgIpc) is 2.72. The molecule has 0 aromatic carbocycles. The molecule has 1 aromatic heterocycles. The average molecular weight is 287 g/mol. The largest absolute Gasteiger partial charge is 0.480 e. The number of carbonyl (C=O) groups is 1. The number of carboxylic acid groups (broad SMARTS) is 1. The molecule has 1 aliphatic heterocycles. The van der Waals surface area contributed by atoms with Gasteiger partial charge >= 0.3 is 5.97 Å². The van der Waals surface area contributed by atoms with Crippen molar-refractivity contribution < 1.29 is 9.90 Å². The number of aliphatic carboxylic acids is 1. The molecule has 0 saturated carbocycles. The highest BCUT2D eigenvalue weighted by Gasteiger charge is 2.33. The molecule has 2 heterocycles. The quantitative estimate of drug-likeness (QED) is 0.889. The molecule has 1 fully saturated rings. The molecule has 106 valence electrons. The van der Waals surface area contributed by atoms with Crippen LogP contribution in [0.15, 0.2) is 6.33 Å². The zero-order chi connectivity index (χ0) is 14.0. The maximum absolute atomic E-state index is 11.5. The highest BCUT2D eigenvalue weighted by Crippen LogP contribution is 2.27. The van der Waals surface area contributed by atoms with Crippen LogP contribution in [0.25, 0.3) is 0 Å². The molecule has 1 aliphatic rings. The molecule has 0 spiro atoms. The van der Waals surface area contributed by atoms with Crippen LogP contribution in [0.3, 0.4) is 0 Å². The van der Waals surface area contributed by atoms with E-state index >= 15 is 0 Å². The Labute approximate surface area is 117 Å². The topological polar surface area (TPSA) is 61.6 Å². The lowest BCUT2D eigenvalue weighted by Crippen LogP contribution is -2.49. The predicted molar refractivity (Wildman–Crippen MR) is 72.3 cm³/mol. The van der Waals surface area contributed by atoms with Crippen LogP contribution in [0.1, 0.15) is 18.7 Å². The van der Waals surface area contributed by atoms with Gasteiger partial charge in [-0.2, -0.15) is 0 Å². The molecule has 1 aromatic rings. The maximum Gasteiger partial charge on any atom is 0.327 e. The summed E-state index contributed by atoms with van der Waals surface area (Å²) in [5.74, 6) is -0.898. The van der Waals surface area contributed by atoms with Crippen molar-refractivity contribution in [3.05, 3.63) is 17.2 Å². The lowest BCUT2D eigenvalue weighted by Gasteiger charge is -2.36. The molecule has 1 saturated heterocycles. The molecule has 1 atom stereocenters.